The summed E-state index contributed by atoms with van der Waals surface area (Å²) in [6, 6.07) is 14.0. The highest BCUT2D eigenvalue weighted by atomic mass is 35.5. The molecule has 1 amide bonds. The van der Waals surface area contributed by atoms with Gasteiger partial charge in [-0.25, -0.2) is 0 Å². The highest BCUT2D eigenvalue weighted by Gasteiger charge is 2.21. The highest BCUT2D eigenvalue weighted by molar-refractivity contribution is 6.34. The molecule has 20 heavy (non-hydrogen) atoms. The number of anilines is 1. The number of amides is 1. The van der Waals surface area contributed by atoms with E-state index in [1.165, 1.54) is 11.1 Å². The van der Waals surface area contributed by atoms with E-state index in [9.17, 15) is 4.79 Å². The number of halogens is 1. The minimum Gasteiger partial charge on any atom is -0.378 e. The molecule has 0 saturated carbocycles. The van der Waals surface area contributed by atoms with Crippen molar-refractivity contribution in [1.82, 2.24) is 0 Å². The summed E-state index contributed by atoms with van der Waals surface area (Å²) >= 11 is 6.07. The summed E-state index contributed by atoms with van der Waals surface area (Å²) < 4.78 is 0. The Bertz CT molecular complexity index is 669. The van der Waals surface area contributed by atoms with Crippen LogP contribution in [0.4, 0.5) is 5.69 Å². The Balaban J connectivity index is 1.83. The Hall–Kier alpha value is -2.00. The molecule has 1 unspecified atom stereocenters. The maximum Gasteiger partial charge on any atom is 0.250 e. The molecule has 2 aromatic rings. The van der Waals surface area contributed by atoms with Crippen molar-refractivity contribution in [3.05, 3.63) is 64.2 Å². The van der Waals surface area contributed by atoms with E-state index in [1.54, 1.807) is 12.1 Å². The van der Waals surface area contributed by atoms with Gasteiger partial charge in [-0.05, 0) is 42.2 Å². The normalized spacial score (nSPS) is 16.8. The van der Waals surface area contributed by atoms with Gasteiger partial charge in [-0.2, -0.15) is 0 Å². The summed E-state index contributed by atoms with van der Waals surface area (Å²) in [4.78, 5) is 11.2. The van der Waals surface area contributed by atoms with Gasteiger partial charge in [0, 0.05) is 5.69 Å². The van der Waals surface area contributed by atoms with Crippen molar-refractivity contribution in [2.75, 3.05) is 5.32 Å². The molecule has 0 aliphatic heterocycles. The Morgan fingerprint density at radius 1 is 1.25 bits per heavy atom. The molecule has 0 aromatic heterocycles. The van der Waals surface area contributed by atoms with Crippen LogP contribution < -0.4 is 11.1 Å². The minimum atomic E-state index is -0.507. The van der Waals surface area contributed by atoms with E-state index in [-0.39, 0.29) is 0 Å². The van der Waals surface area contributed by atoms with E-state index in [0.717, 1.165) is 18.5 Å². The van der Waals surface area contributed by atoms with Gasteiger partial charge in [0.05, 0.1) is 16.6 Å². The predicted octanol–water partition coefficient (Wildman–Crippen LogP) is 3.54. The van der Waals surface area contributed by atoms with Gasteiger partial charge in [-0.3, -0.25) is 4.79 Å². The molecule has 1 aliphatic carbocycles. The SMILES string of the molecule is NC(=O)c1ccc(NC2CCc3ccccc32)cc1Cl. The smallest absolute Gasteiger partial charge is 0.250 e. The lowest BCUT2D eigenvalue weighted by Crippen LogP contribution is -2.12. The average molecular weight is 287 g/mol. The molecule has 0 heterocycles. The zero-order valence-electron chi connectivity index (χ0n) is 10.9. The van der Waals surface area contributed by atoms with Crippen molar-refractivity contribution in [3.8, 4) is 0 Å². The fraction of sp³-hybridized carbons (Fsp3) is 0.188. The molecule has 3 N–H and O–H groups in total. The number of hydrogen-bond acceptors (Lipinski definition) is 2. The fourth-order valence-electron chi connectivity index (χ4n) is 2.71. The topological polar surface area (TPSA) is 55.1 Å². The van der Waals surface area contributed by atoms with E-state index in [0.29, 0.717) is 16.6 Å². The van der Waals surface area contributed by atoms with Gasteiger partial charge in [-0.1, -0.05) is 35.9 Å². The van der Waals surface area contributed by atoms with Crippen LogP contribution >= 0.6 is 11.6 Å². The number of nitrogens with two attached hydrogens (primary N) is 1. The van der Waals surface area contributed by atoms with E-state index in [1.807, 2.05) is 6.07 Å². The first-order valence-electron chi connectivity index (χ1n) is 6.59. The number of hydrogen-bond donors (Lipinski definition) is 2. The molecule has 3 nitrogen and oxygen atoms in total. The van der Waals surface area contributed by atoms with Gasteiger partial charge in [0.1, 0.15) is 0 Å². The number of carbonyl (C=O) groups excluding carboxylic acids is 1. The number of aryl methyl sites for hydroxylation is 1. The molecule has 1 atom stereocenters. The van der Waals surface area contributed by atoms with Gasteiger partial charge in [0.15, 0.2) is 0 Å². The lowest BCUT2D eigenvalue weighted by atomic mass is 10.1. The van der Waals surface area contributed by atoms with Gasteiger partial charge in [0.25, 0.3) is 0 Å². The molecule has 102 valence electrons. The number of fused-ring (bicyclic) bond motifs is 1. The quantitative estimate of drug-likeness (QED) is 0.907. The molecule has 3 rings (SSSR count). The Kier molecular flexibility index (Phi) is 3.36. The molecule has 0 spiro atoms. The first kappa shape index (κ1) is 13.0. The first-order chi connectivity index (χ1) is 9.65. The molecule has 2 aromatic carbocycles. The highest BCUT2D eigenvalue weighted by Crippen LogP contribution is 2.34. The van der Waals surface area contributed by atoms with Crippen LogP contribution in [-0.2, 0) is 6.42 Å². The van der Waals surface area contributed by atoms with Crippen molar-refractivity contribution in [1.29, 1.82) is 0 Å². The van der Waals surface area contributed by atoms with Crippen molar-refractivity contribution in [3.63, 3.8) is 0 Å². The maximum atomic E-state index is 11.2. The molecule has 0 bridgehead atoms. The summed E-state index contributed by atoms with van der Waals surface area (Å²) in [5, 5.41) is 3.85. The third-order valence-corrected chi connectivity index (χ3v) is 4.02. The number of carbonyl (C=O) groups is 1. The summed E-state index contributed by atoms with van der Waals surface area (Å²) in [5.74, 6) is -0.507. The Labute approximate surface area is 122 Å². The first-order valence-corrected chi connectivity index (χ1v) is 6.96. The summed E-state index contributed by atoms with van der Waals surface area (Å²) in [6.07, 6.45) is 2.15. The fourth-order valence-corrected chi connectivity index (χ4v) is 2.99. The van der Waals surface area contributed by atoms with E-state index in [4.69, 9.17) is 17.3 Å². The minimum absolute atomic E-state index is 0.293. The van der Waals surface area contributed by atoms with Crippen molar-refractivity contribution in [2.24, 2.45) is 5.73 Å². The van der Waals surface area contributed by atoms with Crippen LogP contribution in [0.2, 0.25) is 5.02 Å². The summed E-state index contributed by atoms with van der Waals surface area (Å²) in [6.45, 7) is 0. The van der Waals surface area contributed by atoms with Gasteiger partial charge < -0.3 is 11.1 Å². The van der Waals surface area contributed by atoms with E-state index < -0.39 is 5.91 Å². The standard InChI is InChI=1S/C16H15ClN2O/c17-14-9-11(6-7-13(14)16(18)20)19-15-8-5-10-3-1-2-4-12(10)15/h1-4,6-7,9,15,19H,5,8H2,(H2,18,20). The van der Waals surface area contributed by atoms with Crippen LogP contribution in [0.5, 0.6) is 0 Å². The Morgan fingerprint density at radius 3 is 2.80 bits per heavy atom. The molecule has 1 aliphatic rings. The predicted molar refractivity (Wildman–Crippen MR) is 81.1 cm³/mol. The van der Waals surface area contributed by atoms with Gasteiger partial charge in [0.2, 0.25) is 5.91 Å². The van der Waals surface area contributed by atoms with Crippen LogP contribution in [0.25, 0.3) is 0 Å². The molecule has 4 heteroatoms. The van der Waals surface area contributed by atoms with Crippen LogP contribution in [0, 0.1) is 0 Å². The third-order valence-electron chi connectivity index (χ3n) is 3.71. The van der Waals surface area contributed by atoms with E-state index >= 15 is 0 Å². The van der Waals surface area contributed by atoms with Crippen molar-refractivity contribution < 1.29 is 4.79 Å². The number of primary amides is 1. The van der Waals surface area contributed by atoms with Gasteiger partial charge >= 0.3 is 0 Å². The van der Waals surface area contributed by atoms with Crippen LogP contribution in [0.15, 0.2) is 42.5 Å². The largest absolute Gasteiger partial charge is 0.378 e. The second kappa shape index (κ2) is 5.17. The van der Waals surface area contributed by atoms with Crippen LogP contribution in [0.3, 0.4) is 0 Å². The summed E-state index contributed by atoms with van der Waals surface area (Å²) in [5.41, 5.74) is 9.23. The lowest BCUT2D eigenvalue weighted by Gasteiger charge is -2.16. The monoisotopic (exact) mass is 286 g/mol. The second-order valence-electron chi connectivity index (χ2n) is 4.99. The molecule has 0 radical (unpaired) electrons. The molecular formula is C16H15ClN2O. The van der Waals surface area contributed by atoms with E-state index in [2.05, 4.69) is 29.6 Å². The van der Waals surface area contributed by atoms with Crippen molar-refractivity contribution >= 4 is 23.2 Å². The van der Waals surface area contributed by atoms with Crippen LogP contribution in [-0.4, -0.2) is 5.91 Å². The van der Waals surface area contributed by atoms with Crippen LogP contribution in [0.1, 0.15) is 33.9 Å². The number of benzene rings is 2. The zero-order valence-corrected chi connectivity index (χ0v) is 11.7. The van der Waals surface area contributed by atoms with Crippen molar-refractivity contribution in [2.45, 2.75) is 18.9 Å². The Morgan fingerprint density at radius 2 is 2.05 bits per heavy atom. The molecular weight excluding hydrogens is 272 g/mol. The lowest BCUT2D eigenvalue weighted by molar-refractivity contribution is 0.100. The third kappa shape index (κ3) is 2.37. The zero-order chi connectivity index (χ0) is 14.1. The second-order valence-corrected chi connectivity index (χ2v) is 5.40. The molecule has 0 saturated heterocycles. The molecule has 0 fully saturated rings. The summed E-state index contributed by atoms with van der Waals surface area (Å²) in [7, 11) is 0. The maximum absolute atomic E-state index is 11.2. The number of nitrogens with one attached hydrogen (secondary N) is 1. The van der Waals surface area contributed by atoms with Gasteiger partial charge in [-0.15, -0.1) is 0 Å². The number of rotatable bonds is 3. The average Bonchev–Trinajstić information content (AvgIpc) is 2.82.